The van der Waals surface area contributed by atoms with Gasteiger partial charge in [-0.1, -0.05) is 34.6 Å². The van der Waals surface area contributed by atoms with Gasteiger partial charge in [0, 0.05) is 17.4 Å². The van der Waals surface area contributed by atoms with Gasteiger partial charge in [0.05, 0.1) is 6.10 Å². The Labute approximate surface area is 182 Å². The smallest absolute Gasteiger partial charge is 0.126 e. The summed E-state index contributed by atoms with van der Waals surface area (Å²) in [7, 11) is 0. The predicted molar refractivity (Wildman–Crippen MR) is 120 cm³/mol. The third kappa shape index (κ3) is 2.36. The van der Waals surface area contributed by atoms with Crippen LogP contribution in [0.25, 0.3) is 0 Å². The summed E-state index contributed by atoms with van der Waals surface area (Å²) in [5, 5.41) is 21.0. The van der Waals surface area contributed by atoms with Gasteiger partial charge in [0.1, 0.15) is 17.1 Å². The minimum atomic E-state index is -0.189. The van der Waals surface area contributed by atoms with Crippen LogP contribution in [0.4, 0.5) is 0 Å². The van der Waals surface area contributed by atoms with Crippen LogP contribution in [0.5, 0.6) is 11.5 Å². The Kier molecular flexibility index (Phi) is 4.26. The van der Waals surface area contributed by atoms with Crippen LogP contribution >= 0.6 is 0 Å². The number of aliphatic hydroxyl groups excluding tert-OH is 1. The van der Waals surface area contributed by atoms with Crippen molar-refractivity contribution in [1.82, 2.24) is 0 Å². The van der Waals surface area contributed by atoms with E-state index in [4.69, 9.17) is 4.74 Å². The van der Waals surface area contributed by atoms with Crippen LogP contribution in [-0.4, -0.2) is 21.9 Å². The zero-order chi connectivity index (χ0) is 21.7. The zero-order valence-electron chi connectivity index (χ0n) is 19.7. The first-order valence-corrected chi connectivity index (χ1v) is 12.2. The van der Waals surface area contributed by atoms with E-state index in [2.05, 4.69) is 41.5 Å². The molecule has 1 spiro atoms. The van der Waals surface area contributed by atoms with Crippen LogP contribution in [0.1, 0.15) is 84.3 Å². The van der Waals surface area contributed by atoms with E-state index >= 15 is 0 Å². The second kappa shape index (κ2) is 6.18. The van der Waals surface area contributed by atoms with E-state index < -0.39 is 0 Å². The molecule has 3 heteroatoms. The molecule has 166 valence electrons. The van der Waals surface area contributed by atoms with E-state index in [1.165, 1.54) is 24.8 Å². The number of phenolic OH excluding ortho intramolecular Hbond substituents is 1. The standard InChI is InChI=1S/C27H40O3/c1-16-13-19(28)14-18-15-27(30-23(16)18)17(2)7-8-21-25(5)11-10-22(29)24(3,4)20(25)9-12-26(21,27)6/h13-14,17,20-22,28-29H,7-12,15H2,1-6H3/t17-,20+,21+,22-,25-,26+,27-/m0/s1. The van der Waals surface area contributed by atoms with Crippen LogP contribution in [0.15, 0.2) is 12.1 Å². The fourth-order valence-corrected chi connectivity index (χ4v) is 9.11. The number of rotatable bonds is 0. The molecule has 0 aromatic heterocycles. The lowest BCUT2D eigenvalue weighted by atomic mass is 9.37. The fourth-order valence-electron chi connectivity index (χ4n) is 9.11. The van der Waals surface area contributed by atoms with E-state index in [1.807, 2.05) is 12.1 Å². The Morgan fingerprint density at radius 3 is 2.43 bits per heavy atom. The molecule has 3 saturated carbocycles. The van der Waals surface area contributed by atoms with E-state index in [-0.39, 0.29) is 27.9 Å². The molecule has 0 amide bonds. The molecule has 1 aliphatic heterocycles. The van der Waals surface area contributed by atoms with Crippen LogP contribution in [0, 0.1) is 40.9 Å². The summed E-state index contributed by atoms with van der Waals surface area (Å²) in [6, 6.07) is 3.78. The largest absolute Gasteiger partial charge is 0.508 e. The third-order valence-electron chi connectivity index (χ3n) is 10.8. The number of aromatic hydroxyl groups is 1. The summed E-state index contributed by atoms with van der Waals surface area (Å²) in [5.74, 6) is 3.04. The SMILES string of the molecule is Cc1cc(O)cc2c1O[C@@]1(C2)[C@@H](C)CC[C@@H]2[C@@]3(C)CC[C@H](O)C(C)(C)[C@H]3CC[C@]21C. The predicted octanol–water partition coefficient (Wildman–Crippen LogP) is 6.02. The fraction of sp³-hybridized carbons (Fsp3) is 0.778. The maximum atomic E-state index is 10.8. The molecule has 30 heavy (non-hydrogen) atoms. The molecule has 1 aromatic carbocycles. The van der Waals surface area contributed by atoms with Gasteiger partial charge in [-0.15, -0.1) is 0 Å². The van der Waals surface area contributed by atoms with Gasteiger partial charge in [-0.05, 0) is 91.7 Å². The molecule has 0 unspecified atom stereocenters. The second-order valence-corrected chi connectivity index (χ2v) is 12.3. The van der Waals surface area contributed by atoms with Crippen LogP contribution in [-0.2, 0) is 6.42 Å². The Morgan fingerprint density at radius 1 is 0.967 bits per heavy atom. The van der Waals surface area contributed by atoms with Gasteiger partial charge in [-0.25, -0.2) is 0 Å². The van der Waals surface area contributed by atoms with Crippen molar-refractivity contribution in [1.29, 1.82) is 0 Å². The number of hydrogen-bond donors (Lipinski definition) is 2. The first kappa shape index (κ1) is 20.7. The molecule has 7 atom stereocenters. The molecule has 3 fully saturated rings. The molecule has 2 N–H and O–H groups in total. The zero-order valence-corrected chi connectivity index (χ0v) is 19.7. The van der Waals surface area contributed by atoms with Crippen LogP contribution < -0.4 is 4.74 Å². The highest BCUT2D eigenvalue weighted by molar-refractivity contribution is 5.51. The van der Waals surface area contributed by atoms with Gasteiger partial charge >= 0.3 is 0 Å². The van der Waals surface area contributed by atoms with Gasteiger partial charge in [-0.3, -0.25) is 0 Å². The first-order chi connectivity index (χ1) is 14.0. The molecule has 4 aliphatic rings. The van der Waals surface area contributed by atoms with Crippen molar-refractivity contribution in [3.05, 3.63) is 23.3 Å². The van der Waals surface area contributed by atoms with Crippen molar-refractivity contribution >= 4 is 0 Å². The number of phenols is 1. The molecule has 3 nitrogen and oxygen atoms in total. The van der Waals surface area contributed by atoms with E-state index in [1.54, 1.807) is 0 Å². The maximum Gasteiger partial charge on any atom is 0.126 e. The lowest BCUT2D eigenvalue weighted by Crippen LogP contribution is -2.68. The molecular weight excluding hydrogens is 372 g/mol. The maximum absolute atomic E-state index is 10.8. The average Bonchev–Trinajstić information content (AvgIpc) is 3.05. The molecule has 1 aromatic rings. The number of benzene rings is 1. The minimum absolute atomic E-state index is 0.0214. The summed E-state index contributed by atoms with van der Waals surface area (Å²) in [5.41, 5.74) is 2.39. The molecular formula is C27H40O3. The molecule has 5 rings (SSSR count). The van der Waals surface area contributed by atoms with Crippen molar-refractivity contribution in [2.45, 2.75) is 98.2 Å². The monoisotopic (exact) mass is 412 g/mol. The van der Waals surface area contributed by atoms with Gasteiger partial charge < -0.3 is 14.9 Å². The average molecular weight is 413 g/mol. The summed E-state index contributed by atoms with van der Waals surface area (Å²) in [6.45, 7) is 14.1. The number of hydrogen-bond acceptors (Lipinski definition) is 3. The Hall–Kier alpha value is -1.22. The second-order valence-electron chi connectivity index (χ2n) is 12.3. The number of ether oxygens (including phenoxy) is 1. The lowest BCUT2D eigenvalue weighted by Gasteiger charge is -2.69. The first-order valence-electron chi connectivity index (χ1n) is 12.2. The quantitative estimate of drug-likeness (QED) is 0.547. The summed E-state index contributed by atoms with van der Waals surface area (Å²) >= 11 is 0. The highest BCUT2D eigenvalue weighted by atomic mass is 16.5. The van der Waals surface area contributed by atoms with Gasteiger partial charge in [0.2, 0.25) is 0 Å². The molecule has 1 heterocycles. The van der Waals surface area contributed by atoms with Crippen LogP contribution in [0.2, 0.25) is 0 Å². The van der Waals surface area contributed by atoms with Crippen molar-refractivity contribution < 1.29 is 14.9 Å². The molecule has 0 saturated heterocycles. The van der Waals surface area contributed by atoms with Crippen molar-refractivity contribution in [3.63, 3.8) is 0 Å². The van der Waals surface area contributed by atoms with Gasteiger partial charge in [0.25, 0.3) is 0 Å². The number of fused-ring (bicyclic) bond motifs is 5. The lowest BCUT2D eigenvalue weighted by molar-refractivity contribution is -0.238. The topological polar surface area (TPSA) is 49.7 Å². The van der Waals surface area contributed by atoms with Gasteiger partial charge in [0.15, 0.2) is 0 Å². The number of aliphatic hydroxyl groups is 1. The Balaban J connectivity index is 1.59. The van der Waals surface area contributed by atoms with Crippen molar-refractivity contribution in [2.75, 3.05) is 0 Å². The van der Waals surface area contributed by atoms with Crippen molar-refractivity contribution in [2.24, 2.45) is 34.0 Å². The highest BCUT2D eigenvalue weighted by Crippen LogP contribution is 2.71. The van der Waals surface area contributed by atoms with E-state index in [0.717, 1.165) is 37.0 Å². The molecule has 3 aliphatic carbocycles. The summed E-state index contributed by atoms with van der Waals surface area (Å²) in [4.78, 5) is 0. The summed E-state index contributed by atoms with van der Waals surface area (Å²) in [6.07, 6.45) is 7.58. The normalized spacial score (nSPS) is 46.6. The van der Waals surface area contributed by atoms with Gasteiger partial charge in [-0.2, -0.15) is 0 Å². The summed E-state index contributed by atoms with van der Waals surface area (Å²) < 4.78 is 7.04. The molecule has 0 bridgehead atoms. The molecule has 0 radical (unpaired) electrons. The Bertz CT molecular complexity index is 875. The highest BCUT2D eigenvalue weighted by Gasteiger charge is 2.69. The van der Waals surface area contributed by atoms with E-state index in [9.17, 15) is 10.2 Å². The minimum Gasteiger partial charge on any atom is -0.508 e. The van der Waals surface area contributed by atoms with Crippen LogP contribution in [0.3, 0.4) is 0 Å². The Morgan fingerprint density at radius 2 is 1.70 bits per heavy atom. The number of aryl methyl sites for hydroxylation is 1. The van der Waals surface area contributed by atoms with Crippen molar-refractivity contribution in [3.8, 4) is 11.5 Å². The third-order valence-corrected chi connectivity index (χ3v) is 10.8. The van der Waals surface area contributed by atoms with E-state index in [0.29, 0.717) is 23.5 Å².